The molecule has 0 aliphatic carbocycles. The molecule has 0 radical (unpaired) electrons. The maximum Gasteiger partial charge on any atom is 0.287 e. The summed E-state index contributed by atoms with van der Waals surface area (Å²) in [6.07, 6.45) is 2.49. The van der Waals surface area contributed by atoms with Crippen molar-refractivity contribution in [2.45, 2.75) is 82.3 Å². The molecule has 0 unspecified atom stereocenters. The number of nitrogens with one attached hydrogen (secondary N) is 1. The molecule has 0 spiro atoms. The van der Waals surface area contributed by atoms with Crippen molar-refractivity contribution < 1.29 is 47.8 Å². The normalized spacial score (nSPS) is 24.5. The van der Waals surface area contributed by atoms with Gasteiger partial charge in [0.25, 0.3) is 5.91 Å². The number of nitrogens with zero attached hydrogens (tertiary/aromatic N) is 3. The maximum atomic E-state index is 14.1. The van der Waals surface area contributed by atoms with Crippen LogP contribution in [0.4, 0.5) is 0 Å². The topological polar surface area (TPSA) is 168 Å². The van der Waals surface area contributed by atoms with Crippen molar-refractivity contribution in [3.05, 3.63) is 63.4 Å². The average molecular weight is 783 g/mol. The quantitative estimate of drug-likeness (QED) is 0.182. The van der Waals surface area contributed by atoms with E-state index in [0.29, 0.717) is 75.7 Å². The van der Waals surface area contributed by atoms with Crippen LogP contribution in [0.3, 0.4) is 0 Å². The Morgan fingerprint density at radius 2 is 1.61 bits per heavy atom. The fraction of sp³-hybridized carbons (Fsp3) is 0.488. The molecule has 14 heteroatoms. The van der Waals surface area contributed by atoms with Crippen molar-refractivity contribution in [3.8, 4) is 46.3 Å². The zero-order valence-electron chi connectivity index (χ0n) is 33.6. The van der Waals surface area contributed by atoms with Crippen molar-refractivity contribution in [1.82, 2.24) is 15.1 Å². The minimum atomic E-state index is -0.816. The number of furan rings is 1. The van der Waals surface area contributed by atoms with Gasteiger partial charge >= 0.3 is 0 Å². The van der Waals surface area contributed by atoms with E-state index in [0.717, 1.165) is 18.4 Å². The predicted octanol–water partition coefficient (Wildman–Crippen LogP) is 5.95. The molecule has 3 N–H and O–H groups in total. The lowest BCUT2D eigenvalue weighted by Crippen LogP contribution is -2.69. The van der Waals surface area contributed by atoms with Gasteiger partial charge in [-0.15, -0.1) is 0 Å². The number of likely N-dealkylation sites (N-methyl/N-ethyl adjacent to an activating group) is 1. The molecule has 2 bridgehead atoms. The van der Waals surface area contributed by atoms with E-state index >= 15 is 0 Å². The molecule has 6 heterocycles. The number of hydrogen-bond acceptors (Lipinski definition) is 13. The Morgan fingerprint density at radius 3 is 2.25 bits per heavy atom. The molecule has 4 aromatic rings. The number of methoxy groups -OCH3 is 4. The molecule has 1 aromatic heterocycles. The van der Waals surface area contributed by atoms with Gasteiger partial charge in [-0.05, 0) is 64.9 Å². The number of ether oxygens (including phenoxy) is 6. The number of carbonyl (C=O) groups excluding carboxylic acids is 1. The van der Waals surface area contributed by atoms with Crippen LogP contribution in [0.5, 0.6) is 40.2 Å². The number of carbonyl (C=O) groups is 1. The second-order valence-electron chi connectivity index (χ2n) is 15.6. The molecule has 14 nitrogen and oxygen atoms in total. The first kappa shape index (κ1) is 38.5. The van der Waals surface area contributed by atoms with Crippen LogP contribution < -0.4 is 29.0 Å². The van der Waals surface area contributed by atoms with Crippen LogP contribution in [0.1, 0.15) is 82.2 Å². The van der Waals surface area contributed by atoms with Crippen LogP contribution in [0.2, 0.25) is 0 Å². The molecule has 0 saturated carbocycles. The van der Waals surface area contributed by atoms with E-state index in [1.54, 1.807) is 26.4 Å². The molecule has 9 rings (SSSR count). The first-order chi connectivity index (χ1) is 27.4. The number of hydrogen-bond donors (Lipinski definition) is 3. The first-order valence-electron chi connectivity index (χ1n) is 19.3. The number of aromatic hydroxyl groups is 2. The van der Waals surface area contributed by atoms with E-state index in [1.165, 1.54) is 14.2 Å². The van der Waals surface area contributed by atoms with Crippen LogP contribution in [-0.4, -0.2) is 99.4 Å². The molecule has 302 valence electrons. The summed E-state index contributed by atoms with van der Waals surface area (Å²) in [5.41, 5.74) is 3.66. The molecule has 5 atom stereocenters. The van der Waals surface area contributed by atoms with Crippen molar-refractivity contribution in [3.63, 3.8) is 0 Å². The van der Waals surface area contributed by atoms with Gasteiger partial charge in [-0.25, -0.2) is 0 Å². The van der Waals surface area contributed by atoms with Crippen LogP contribution in [-0.2, 0) is 16.7 Å². The molecule has 5 aliphatic heterocycles. The van der Waals surface area contributed by atoms with E-state index in [1.807, 2.05) is 37.9 Å². The van der Waals surface area contributed by atoms with Gasteiger partial charge in [0, 0.05) is 75.8 Å². The largest absolute Gasteiger partial charge is 0.504 e. The minimum absolute atomic E-state index is 0.0530. The number of benzene rings is 3. The molecular weight excluding hydrogens is 732 g/mol. The van der Waals surface area contributed by atoms with E-state index in [-0.39, 0.29) is 53.9 Å². The third-order valence-electron chi connectivity index (χ3n) is 12.9. The smallest absolute Gasteiger partial charge is 0.287 e. The Bertz CT molecular complexity index is 2290. The van der Waals surface area contributed by atoms with Crippen LogP contribution in [0.25, 0.3) is 11.0 Å². The van der Waals surface area contributed by atoms with Gasteiger partial charge in [0.15, 0.2) is 28.8 Å². The lowest BCUT2D eigenvalue weighted by Gasteiger charge is -2.63. The Labute approximate surface area is 331 Å². The van der Waals surface area contributed by atoms with E-state index in [2.05, 4.69) is 23.2 Å². The highest BCUT2D eigenvalue weighted by Gasteiger charge is 2.60. The minimum Gasteiger partial charge on any atom is -0.504 e. The number of rotatable bonds is 9. The zero-order valence-corrected chi connectivity index (χ0v) is 33.6. The maximum absolute atomic E-state index is 14.1. The van der Waals surface area contributed by atoms with E-state index < -0.39 is 29.6 Å². The van der Waals surface area contributed by atoms with Gasteiger partial charge in [0.2, 0.25) is 0 Å². The Kier molecular flexibility index (Phi) is 9.82. The van der Waals surface area contributed by atoms with E-state index in [4.69, 9.17) is 32.8 Å². The Hall–Kier alpha value is -5.36. The summed E-state index contributed by atoms with van der Waals surface area (Å²) in [5, 5.41) is 39.2. The molecule has 2 fully saturated rings. The summed E-state index contributed by atoms with van der Waals surface area (Å²) < 4.78 is 41.4. The SMILES string of the molecule is COc1c(C)c(OC)c2c(c1O)[C@H](CNC(=O)c1cc3cc(OC4CCOCC4)ccc3o1)N1[C@@H](C2)c2c(O)c(OC)c(C)c(OC)c2[C@@]2(C)C[C@@H]([C@@H]1C#N)N2C. The van der Waals surface area contributed by atoms with Gasteiger partial charge in [-0.2, -0.15) is 5.26 Å². The lowest BCUT2D eigenvalue weighted by molar-refractivity contribution is -0.102. The van der Waals surface area contributed by atoms with Gasteiger partial charge in [-0.1, -0.05) is 0 Å². The van der Waals surface area contributed by atoms with Crippen molar-refractivity contribution in [2.75, 3.05) is 55.2 Å². The highest BCUT2D eigenvalue weighted by Crippen LogP contribution is 2.63. The zero-order chi connectivity index (χ0) is 40.5. The number of nitriles is 1. The Morgan fingerprint density at radius 1 is 0.965 bits per heavy atom. The number of fused-ring (bicyclic) bond motifs is 2. The van der Waals surface area contributed by atoms with Gasteiger partial charge in [0.05, 0.1) is 53.8 Å². The number of amides is 1. The van der Waals surface area contributed by atoms with Gasteiger partial charge in [-0.3, -0.25) is 14.6 Å². The molecule has 3 aromatic carbocycles. The van der Waals surface area contributed by atoms with Crippen LogP contribution in [0, 0.1) is 25.2 Å². The van der Waals surface area contributed by atoms with Crippen molar-refractivity contribution in [1.29, 1.82) is 5.26 Å². The fourth-order valence-corrected chi connectivity index (χ4v) is 10.1. The van der Waals surface area contributed by atoms with Crippen molar-refractivity contribution >= 4 is 16.9 Å². The fourth-order valence-electron chi connectivity index (χ4n) is 10.1. The highest BCUT2D eigenvalue weighted by atomic mass is 16.5. The lowest BCUT2D eigenvalue weighted by atomic mass is 9.65. The standard InChI is InChI=1S/C43H50N4O10/c1-21-38(51-5)26-17-27-34-35(39(52-6)22(2)41(54-8)37(34)49)43(3)18-28(46(43)4)29(19-44)47(27)30(33(26)36(48)40(21)53-7)20-45-42(50)32-16-23-15-25(9-10-31(23)57-32)56-24-11-13-55-14-12-24/h9-10,15-16,24,27-30,48-49H,11-14,17-18,20H2,1-8H3,(H,45,50)/t27-,28-,29-,30-,43+/m0/s1. The second-order valence-corrected chi connectivity index (χ2v) is 15.6. The van der Waals surface area contributed by atoms with Crippen LogP contribution in [0.15, 0.2) is 28.7 Å². The summed E-state index contributed by atoms with van der Waals surface area (Å²) in [5.74, 6) is 1.71. The molecule has 1 amide bonds. The Balaban J connectivity index is 1.26. The molecular formula is C43H50N4O10. The van der Waals surface area contributed by atoms with E-state index in [9.17, 15) is 20.3 Å². The summed E-state index contributed by atoms with van der Waals surface area (Å²) in [4.78, 5) is 18.3. The predicted molar refractivity (Wildman–Crippen MR) is 209 cm³/mol. The average Bonchev–Trinajstić information content (AvgIpc) is 3.64. The monoisotopic (exact) mass is 782 g/mol. The first-order valence-corrected chi connectivity index (χ1v) is 19.3. The summed E-state index contributed by atoms with van der Waals surface area (Å²) in [6, 6.07) is 7.30. The highest BCUT2D eigenvalue weighted by molar-refractivity contribution is 5.96. The third kappa shape index (κ3) is 5.81. The number of phenolic OH excluding ortho intramolecular Hbond substituents is 2. The number of phenols is 2. The van der Waals surface area contributed by atoms with Gasteiger partial charge < -0.3 is 48.4 Å². The van der Waals surface area contributed by atoms with Crippen LogP contribution >= 0.6 is 0 Å². The second kappa shape index (κ2) is 14.5. The summed E-state index contributed by atoms with van der Waals surface area (Å²) in [7, 11) is 8.12. The molecule has 2 saturated heterocycles. The molecule has 5 aliphatic rings. The summed E-state index contributed by atoms with van der Waals surface area (Å²) >= 11 is 0. The van der Waals surface area contributed by atoms with Crippen molar-refractivity contribution in [2.24, 2.45) is 0 Å². The third-order valence-corrected chi connectivity index (χ3v) is 12.9. The molecule has 57 heavy (non-hydrogen) atoms. The van der Waals surface area contributed by atoms with Gasteiger partial charge in [0.1, 0.15) is 35.0 Å². The summed E-state index contributed by atoms with van der Waals surface area (Å²) in [6.45, 7) is 7.03.